The fourth-order valence-corrected chi connectivity index (χ4v) is 1.89. The smallest absolute Gasteiger partial charge is 0.150 e. The molecular weight excluding hydrogens is 260 g/mol. The second-order valence-corrected chi connectivity index (χ2v) is 4.46. The first-order valence-electron chi connectivity index (χ1n) is 5.37. The molecule has 3 nitrogen and oxygen atoms in total. The van der Waals surface area contributed by atoms with Crippen LogP contribution in [0.25, 0.3) is 0 Å². The Morgan fingerprint density at radius 2 is 2.11 bits per heavy atom. The van der Waals surface area contributed by atoms with Gasteiger partial charge in [-0.25, -0.2) is 8.78 Å². The van der Waals surface area contributed by atoms with Crippen LogP contribution >= 0.6 is 11.6 Å². The summed E-state index contributed by atoms with van der Waals surface area (Å²) in [6.07, 6.45) is 3.49. The summed E-state index contributed by atoms with van der Waals surface area (Å²) < 4.78 is 28.1. The van der Waals surface area contributed by atoms with Gasteiger partial charge in [-0.1, -0.05) is 11.6 Å². The maximum atomic E-state index is 13.6. The van der Waals surface area contributed by atoms with Crippen molar-refractivity contribution in [1.82, 2.24) is 9.78 Å². The fourth-order valence-electron chi connectivity index (χ4n) is 1.64. The number of benzene rings is 1. The van der Waals surface area contributed by atoms with Crippen molar-refractivity contribution < 1.29 is 8.78 Å². The Kier molecular flexibility index (Phi) is 3.52. The molecule has 1 N–H and O–H groups in total. The summed E-state index contributed by atoms with van der Waals surface area (Å²) in [6, 6.07) is 1.68. The molecule has 2 rings (SSSR count). The Morgan fingerprint density at radius 1 is 1.39 bits per heavy atom. The zero-order valence-corrected chi connectivity index (χ0v) is 10.7. The van der Waals surface area contributed by atoms with Crippen LogP contribution in [-0.4, -0.2) is 9.78 Å². The van der Waals surface area contributed by atoms with Gasteiger partial charge >= 0.3 is 0 Å². The van der Waals surface area contributed by atoms with Gasteiger partial charge in [0.15, 0.2) is 5.82 Å². The minimum atomic E-state index is -0.712. The molecule has 1 aromatic heterocycles. The highest BCUT2D eigenvalue weighted by Crippen LogP contribution is 2.29. The molecule has 0 aliphatic rings. The Bertz CT molecular complexity index is 545. The van der Waals surface area contributed by atoms with E-state index in [1.165, 1.54) is 0 Å². The molecule has 0 aliphatic heterocycles. The second kappa shape index (κ2) is 4.94. The van der Waals surface area contributed by atoms with E-state index in [-0.39, 0.29) is 16.8 Å². The number of nitrogens with one attached hydrogen (secondary N) is 1. The number of hydrogen-bond donors (Lipinski definition) is 1. The van der Waals surface area contributed by atoms with E-state index in [1.807, 2.05) is 13.1 Å². The van der Waals surface area contributed by atoms with Gasteiger partial charge < -0.3 is 5.32 Å². The van der Waals surface area contributed by atoms with Crippen molar-refractivity contribution in [3.63, 3.8) is 0 Å². The highest BCUT2D eigenvalue weighted by atomic mass is 35.5. The molecule has 0 bridgehead atoms. The molecule has 1 heterocycles. The molecule has 1 unspecified atom stereocenters. The lowest BCUT2D eigenvalue weighted by molar-refractivity contribution is 0.584. The molecule has 1 atom stereocenters. The number of anilines is 1. The average molecular weight is 272 g/mol. The van der Waals surface area contributed by atoms with Gasteiger partial charge in [0, 0.05) is 24.9 Å². The number of halogens is 3. The summed E-state index contributed by atoms with van der Waals surface area (Å²) in [5.41, 5.74) is 0.978. The summed E-state index contributed by atoms with van der Waals surface area (Å²) in [4.78, 5) is 0. The quantitative estimate of drug-likeness (QED) is 0.926. The average Bonchev–Trinajstić information content (AvgIpc) is 2.70. The number of nitrogens with zero attached hydrogens (tertiary/aromatic N) is 2. The lowest BCUT2D eigenvalue weighted by atomic mass is 10.1. The maximum absolute atomic E-state index is 13.6. The predicted octanol–water partition coefficient (Wildman–Crippen LogP) is 3.52. The molecule has 0 aliphatic carbocycles. The lowest BCUT2D eigenvalue weighted by Crippen LogP contribution is -2.08. The molecule has 0 spiro atoms. The van der Waals surface area contributed by atoms with E-state index in [1.54, 1.807) is 17.9 Å². The molecule has 6 heteroatoms. The Hall–Kier alpha value is -1.62. The Labute approximate surface area is 108 Å². The molecule has 0 saturated heterocycles. The minimum absolute atomic E-state index is 0.0169. The van der Waals surface area contributed by atoms with Crippen LogP contribution in [0.5, 0.6) is 0 Å². The first-order valence-corrected chi connectivity index (χ1v) is 5.75. The number of aromatic nitrogens is 2. The van der Waals surface area contributed by atoms with Gasteiger partial charge in [0.05, 0.1) is 22.9 Å². The van der Waals surface area contributed by atoms with E-state index in [9.17, 15) is 8.78 Å². The third-order valence-corrected chi connectivity index (χ3v) is 2.89. The van der Waals surface area contributed by atoms with Gasteiger partial charge in [-0.3, -0.25) is 4.68 Å². The van der Waals surface area contributed by atoms with Gasteiger partial charge in [0.1, 0.15) is 5.82 Å². The second-order valence-electron chi connectivity index (χ2n) is 4.06. The topological polar surface area (TPSA) is 29.9 Å². The SMILES string of the molecule is CC(Nc1c(F)cc(F)cc1Cl)c1cnn(C)c1. The van der Waals surface area contributed by atoms with E-state index >= 15 is 0 Å². The highest BCUT2D eigenvalue weighted by Gasteiger charge is 2.14. The molecule has 18 heavy (non-hydrogen) atoms. The molecule has 0 fully saturated rings. The summed E-state index contributed by atoms with van der Waals surface area (Å²) in [6.45, 7) is 1.84. The number of aryl methyl sites for hydroxylation is 1. The first kappa shape index (κ1) is 12.8. The zero-order valence-electron chi connectivity index (χ0n) is 9.92. The summed E-state index contributed by atoms with van der Waals surface area (Å²) in [7, 11) is 1.79. The number of hydrogen-bond acceptors (Lipinski definition) is 2. The largest absolute Gasteiger partial charge is 0.375 e. The van der Waals surface area contributed by atoms with Crippen molar-refractivity contribution in [3.8, 4) is 0 Å². The third kappa shape index (κ3) is 2.61. The normalized spacial score (nSPS) is 12.5. The van der Waals surface area contributed by atoms with Crippen LogP contribution in [0.1, 0.15) is 18.5 Å². The Morgan fingerprint density at radius 3 is 2.67 bits per heavy atom. The predicted molar refractivity (Wildman–Crippen MR) is 66.6 cm³/mol. The van der Waals surface area contributed by atoms with Crippen LogP contribution in [0.4, 0.5) is 14.5 Å². The fraction of sp³-hybridized carbons (Fsp3) is 0.250. The third-order valence-electron chi connectivity index (χ3n) is 2.59. The van der Waals surface area contributed by atoms with Crippen LogP contribution in [0.3, 0.4) is 0 Å². The van der Waals surface area contributed by atoms with E-state index in [0.29, 0.717) is 0 Å². The molecule has 0 radical (unpaired) electrons. The summed E-state index contributed by atoms with van der Waals surface area (Å²) >= 11 is 5.81. The van der Waals surface area contributed by atoms with E-state index in [4.69, 9.17) is 11.6 Å². The molecular formula is C12H12ClF2N3. The lowest BCUT2D eigenvalue weighted by Gasteiger charge is -2.15. The Balaban J connectivity index is 2.24. The van der Waals surface area contributed by atoms with Crippen LogP contribution in [0.2, 0.25) is 5.02 Å². The number of rotatable bonds is 3. The van der Waals surface area contributed by atoms with E-state index in [2.05, 4.69) is 10.4 Å². The first-order chi connectivity index (χ1) is 8.47. The van der Waals surface area contributed by atoms with E-state index in [0.717, 1.165) is 17.7 Å². The molecule has 0 amide bonds. The molecule has 0 saturated carbocycles. The van der Waals surface area contributed by atoms with Gasteiger partial charge in [0.2, 0.25) is 0 Å². The van der Waals surface area contributed by atoms with Gasteiger partial charge in [-0.2, -0.15) is 5.10 Å². The maximum Gasteiger partial charge on any atom is 0.150 e. The van der Waals surface area contributed by atoms with Crippen molar-refractivity contribution in [2.45, 2.75) is 13.0 Å². The van der Waals surface area contributed by atoms with Crippen molar-refractivity contribution in [1.29, 1.82) is 0 Å². The highest BCUT2D eigenvalue weighted by molar-refractivity contribution is 6.33. The van der Waals surface area contributed by atoms with Gasteiger partial charge in [-0.05, 0) is 13.0 Å². The van der Waals surface area contributed by atoms with Crippen LogP contribution < -0.4 is 5.32 Å². The van der Waals surface area contributed by atoms with Crippen LogP contribution in [0.15, 0.2) is 24.5 Å². The van der Waals surface area contributed by atoms with Crippen molar-refractivity contribution in [2.75, 3.05) is 5.32 Å². The summed E-state index contributed by atoms with van der Waals surface area (Å²) in [5.74, 6) is -1.41. The van der Waals surface area contributed by atoms with Crippen molar-refractivity contribution in [2.24, 2.45) is 7.05 Å². The molecule has 1 aromatic carbocycles. The van der Waals surface area contributed by atoms with Crippen molar-refractivity contribution in [3.05, 3.63) is 46.7 Å². The summed E-state index contributed by atoms with van der Waals surface area (Å²) in [5, 5.41) is 6.95. The zero-order chi connectivity index (χ0) is 13.3. The molecule has 2 aromatic rings. The van der Waals surface area contributed by atoms with Crippen LogP contribution in [0, 0.1) is 11.6 Å². The van der Waals surface area contributed by atoms with Gasteiger partial charge in [0.25, 0.3) is 0 Å². The standard InChI is InChI=1S/C12H12ClF2N3/c1-7(8-5-16-18(2)6-8)17-12-10(13)3-9(14)4-11(12)15/h3-7,17H,1-2H3. The molecule has 96 valence electrons. The monoisotopic (exact) mass is 271 g/mol. The van der Waals surface area contributed by atoms with Gasteiger partial charge in [-0.15, -0.1) is 0 Å². The van der Waals surface area contributed by atoms with Crippen molar-refractivity contribution >= 4 is 17.3 Å². The minimum Gasteiger partial charge on any atom is -0.375 e. The van der Waals surface area contributed by atoms with E-state index < -0.39 is 11.6 Å². The van der Waals surface area contributed by atoms with Crippen LogP contribution in [-0.2, 0) is 7.05 Å².